The number of ether oxygens (including phenoxy) is 3. The summed E-state index contributed by atoms with van der Waals surface area (Å²) in [5.74, 6) is 0.404. The van der Waals surface area contributed by atoms with Crippen LogP contribution in [-0.2, 0) is 32.5 Å². The van der Waals surface area contributed by atoms with E-state index in [1.807, 2.05) is 19.9 Å². The molecule has 8 nitrogen and oxygen atoms in total. The van der Waals surface area contributed by atoms with E-state index >= 15 is 0 Å². The van der Waals surface area contributed by atoms with Gasteiger partial charge in [-0.05, 0) is 25.5 Å². The van der Waals surface area contributed by atoms with Crippen LogP contribution in [-0.4, -0.2) is 52.9 Å². The molecule has 1 aromatic carbocycles. The summed E-state index contributed by atoms with van der Waals surface area (Å²) in [4.78, 5) is 5.06. The molecule has 9 heteroatoms. The molecule has 156 valence electrons. The fraction of sp³-hybridized carbons (Fsp3) is 0.667. The van der Waals surface area contributed by atoms with Crippen molar-refractivity contribution in [2.75, 3.05) is 52.9 Å². The zero-order chi connectivity index (χ0) is 19.6. The molecular weight excluding hydrogens is 375 g/mol. The third-order valence-electron chi connectivity index (χ3n) is 3.14. The largest absolute Gasteiger partial charge is 0.511 e. The topological polar surface area (TPSA) is 81.7 Å². The highest BCUT2D eigenvalue weighted by molar-refractivity contribution is 7.48. The first-order chi connectivity index (χ1) is 13.2. The van der Waals surface area contributed by atoms with Gasteiger partial charge in [0.15, 0.2) is 5.75 Å². The Bertz CT molecular complexity index is 499. The quantitative estimate of drug-likeness (QED) is 0.157. The van der Waals surface area contributed by atoms with Gasteiger partial charge < -0.3 is 19.1 Å². The molecule has 1 unspecified atom stereocenters. The molecule has 0 aliphatic carbocycles. The van der Waals surface area contributed by atoms with Crippen LogP contribution < -0.4 is 4.89 Å². The average Bonchev–Trinajstić information content (AvgIpc) is 2.69. The first-order valence-corrected chi connectivity index (χ1v) is 10.7. The Morgan fingerprint density at radius 3 is 2.00 bits per heavy atom. The molecule has 1 atom stereocenters. The van der Waals surface area contributed by atoms with E-state index in [-0.39, 0.29) is 19.8 Å². The highest BCUT2D eigenvalue weighted by atomic mass is 31.2. The highest BCUT2D eigenvalue weighted by Crippen LogP contribution is 2.49. The fourth-order valence-corrected chi connectivity index (χ4v) is 2.75. The Balaban J connectivity index is 2.23. The van der Waals surface area contributed by atoms with Crippen molar-refractivity contribution in [3.63, 3.8) is 0 Å². The predicted octanol–water partition coefficient (Wildman–Crippen LogP) is 4.01. The fourth-order valence-electron chi connectivity index (χ4n) is 1.76. The summed E-state index contributed by atoms with van der Waals surface area (Å²) in [5, 5.41) is 0. The third kappa shape index (κ3) is 12.9. The van der Waals surface area contributed by atoms with Gasteiger partial charge >= 0.3 is 7.82 Å². The van der Waals surface area contributed by atoms with E-state index in [1.54, 1.807) is 24.3 Å². The molecule has 1 rings (SSSR count). The van der Waals surface area contributed by atoms with Crippen molar-refractivity contribution in [2.45, 2.75) is 26.7 Å². The Morgan fingerprint density at radius 2 is 1.37 bits per heavy atom. The second-order valence-electron chi connectivity index (χ2n) is 5.36. The third-order valence-corrected chi connectivity index (χ3v) is 4.40. The number of benzene rings is 1. The normalized spacial score (nSPS) is 13.4. The summed E-state index contributed by atoms with van der Waals surface area (Å²) in [6.45, 7) is 7.07. The molecule has 0 aromatic heterocycles. The van der Waals surface area contributed by atoms with Gasteiger partial charge in [-0.3, -0.25) is 9.05 Å². The molecule has 0 aliphatic heterocycles. The molecule has 27 heavy (non-hydrogen) atoms. The lowest BCUT2D eigenvalue weighted by Gasteiger charge is -2.17. The molecule has 0 spiro atoms. The number of hydrogen-bond acceptors (Lipinski definition) is 8. The van der Waals surface area contributed by atoms with Crippen LogP contribution in [0.3, 0.4) is 0 Å². The predicted molar refractivity (Wildman–Crippen MR) is 101 cm³/mol. The second kappa shape index (κ2) is 16.0. The maximum absolute atomic E-state index is 12.6. The lowest BCUT2D eigenvalue weighted by Crippen LogP contribution is -2.12. The van der Waals surface area contributed by atoms with E-state index in [0.717, 1.165) is 12.8 Å². The van der Waals surface area contributed by atoms with Gasteiger partial charge in [-0.15, -0.1) is 0 Å². The first kappa shape index (κ1) is 24.0. The lowest BCUT2D eigenvalue weighted by atomic mass is 10.3. The smallest absolute Gasteiger partial charge is 0.379 e. The van der Waals surface area contributed by atoms with Crippen LogP contribution >= 0.6 is 7.82 Å². The maximum Gasteiger partial charge on any atom is 0.511 e. The van der Waals surface area contributed by atoms with Gasteiger partial charge in [0.2, 0.25) is 0 Å². The molecule has 0 radical (unpaired) electrons. The van der Waals surface area contributed by atoms with Crippen molar-refractivity contribution >= 4 is 7.82 Å². The van der Waals surface area contributed by atoms with Gasteiger partial charge in [0, 0.05) is 6.61 Å². The van der Waals surface area contributed by atoms with Crippen LogP contribution in [0.15, 0.2) is 30.3 Å². The number of rotatable bonds is 18. The molecule has 0 heterocycles. The van der Waals surface area contributed by atoms with Crippen LogP contribution in [0.25, 0.3) is 0 Å². The van der Waals surface area contributed by atoms with Crippen LogP contribution in [0, 0.1) is 0 Å². The number of phosphoric ester groups is 1. The van der Waals surface area contributed by atoms with Gasteiger partial charge in [0.1, 0.15) is 0 Å². The van der Waals surface area contributed by atoms with E-state index in [1.165, 1.54) is 0 Å². The van der Waals surface area contributed by atoms with Crippen LogP contribution in [0.1, 0.15) is 26.7 Å². The average molecular weight is 406 g/mol. The summed E-state index contributed by atoms with van der Waals surface area (Å²) < 4.78 is 43.9. The minimum atomic E-state index is -3.84. The molecule has 1 aromatic rings. The van der Waals surface area contributed by atoms with E-state index in [0.29, 0.717) is 38.8 Å². The van der Waals surface area contributed by atoms with Gasteiger partial charge in [-0.1, -0.05) is 36.2 Å². The van der Waals surface area contributed by atoms with Crippen molar-refractivity contribution in [1.29, 1.82) is 0 Å². The van der Waals surface area contributed by atoms with Crippen molar-refractivity contribution in [3.8, 4) is 5.75 Å². The van der Waals surface area contributed by atoms with Crippen molar-refractivity contribution < 1.29 is 37.4 Å². The number of para-hydroxylation sites is 1. The molecule has 0 bridgehead atoms. The molecular formula is C18H31O8P. The Labute approximate surface area is 161 Å². The van der Waals surface area contributed by atoms with Crippen molar-refractivity contribution in [2.24, 2.45) is 0 Å². The van der Waals surface area contributed by atoms with Gasteiger partial charge in [-0.2, -0.15) is 0 Å². The minimum Gasteiger partial charge on any atom is -0.379 e. The lowest BCUT2D eigenvalue weighted by molar-refractivity contribution is -0.134. The Morgan fingerprint density at radius 1 is 0.778 bits per heavy atom. The highest BCUT2D eigenvalue weighted by Gasteiger charge is 2.29. The van der Waals surface area contributed by atoms with Crippen molar-refractivity contribution in [1.82, 2.24) is 0 Å². The van der Waals surface area contributed by atoms with Gasteiger partial charge in [0.25, 0.3) is 0 Å². The summed E-state index contributed by atoms with van der Waals surface area (Å²) in [7, 11) is -3.84. The van der Waals surface area contributed by atoms with Crippen molar-refractivity contribution in [3.05, 3.63) is 30.3 Å². The van der Waals surface area contributed by atoms with E-state index in [2.05, 4.69) is 0 Å². The zero-order valence-corrected chi connectivity index (χ0v) is 17.1. The summed E-state index contributed by atoms with van der Waals surface area (Å²) in [5.41, 5.74) is 0. The second-order valence-corrected chi connectivity index (χ2v) is 6.92. The molecule has 0 saturated heterocycles. The van der Waals surface area contributed by atoms with Crippen LogP contribution in [0.4, 0.5) is 0 Å². The van der Waals surface area contributed by atoms with Gasteiger partial charge in [-0.25, -0.2) is 4.57 Å². The molecule has 0 saturated carbocycles. The zero-order valence-electron chi connectivity index (χ0n) is 16.2. The number of phosphoric acid groups is 1. The Hall–Kier alpha value is -0.990. The van der Waals surface area contributed by atoms with E-state index in [9.17, 15) is 4.57 Å². The molecule has 0 fully saturated rings. The summed E-state index contributed by atoms with van der Waals surface area (Å²) >= 11 is 0. The van der Waals surface area contributed by atoms with E-state index < -0.39 is 7.82 Å². The van der Waals surface area contributed by atoms with Crippen LogP contribution in [0.5, 0.6) is 5.75 Å². The molecule has 0 aliphatic rings. The molecule has 0 N–H and O–H groups in total. The maximum atomic E-state index is 12.6. The summed E-state index contributed by atoms with van der Waals surface area (Å²) in [6, 6.07) is 8.72. The summed E-state index contributed by atoms with van der Waals surface area (Å²) in [6.07, 6.45) is 1.63. The monoisotopic (exact) mass is 406 g/mol. The first-order valence-electron chi connectivity index (χ1n) is 9.24. The van der Waals surface area contributed by atoms with E-state index in [4.69, 9.17) is 32.8 Å². The number of hydrogen-bond donors (Lipinski definition) is 0. The standard InChI is InChI=1S/C18H31O8P/c1-3-5-11-23-27(19,26-25-18-9-7-6-8-10-18)24-17-16-22-15-14-21-13-12-20-4-2/h6-10H,3-5,11-17H2,1-2H3. The molecule has 0 amide bonds. The minimum absolute atomic E-state index is 0.0422. The number of unbranched alkanes of at least 4 members (excludes halogenated alkanes) is 1. The van der Waals surface area contributed by atoms with Gasteiger partial charge in [0.05, 0.1) is 46.2 Å². The SMILES string of the molecule is CCCCOP(=O)(OCCOCCOCCOCC)OOc1ccccc1. The Kier molecular flexibility index (Phi) is 14.3. The van der Waals surface area contributed by atoms with Crippen LogP contribution in [0.2, 0.25) is 0 Å².